The second kappa shape index (κ2) is 5.76. The number of hydrogen-bond acceptors (Lipinski definition) is 3. The molecule has 2 aromatic carbocycles. The largest absolute Gasteiger partial charge is 0.497 e. The lowest BCUT2D eigenvalue weighted by atomic mass is 9.80. The molecule has 0 radical (unpaired) electrons. The summed E-state index contributed by atoms with van der Waals surface area (Å²) in [5.41, 5.74) is 12.0. The molecule has 1 unspecified atom stereocenters. The van der Waals surface area contributed by atoms with Crippen LogP contribution in [0.25, 0.3) is 5.57 Å². The monoisotopic (exact) mass is 295 g/mol. The van der Waals surface area contributed by atoms with E-state index in [1.54, 1.807) is 14.2 Å². The zero-order valence-corrected chi connectivity index (χ0v) is 13.2. The van der Waals surface area contributed by atoms with E-state index in [2.05, 4.69) is 25.1 Å². The fourth-order valence-electron chi connectivity index (χ4n) is 3.15. The molecule has 0 bridgehead atoms. The third-order valence-electron chi connectivity index (χ3n) is 4.39. The van der Waals surface area contributed by atoms with Crippen LogP contribution in [0, 0.1) is 0 Å². The molecule has 0 heterocycles. The zero-order valence-electron chi connectivity index (χ0n) is 13.2. The van der Waals surface area contributed by atoms with Crippen molar-refractivity contribution in [2.24, 2.45) is 0 Å². The van der Waals surface area contributed by atoms with Crippen molar-refractivity contribution < 1.29 is 9.47 Å². The molecule has 1 atom stereocenters. The first-order valence-electron chi connectivity index (χ1n) is 7.44. The van der Waals surface area contributed by atoms with E-state index < -0.39 is 0 Å². The maximum atomic E-state index is 6.21. The van der Waals surface area contributed by atoms with Crippen molar-refractivity contribution in [3.63, 3.8) is 0 Å². The van der Waals surface area contributed by atoms with Gasteiger partial charge in [0.25, 0.3) is 0 Å². The number of hydrogen-bond donors (Lipinski definition) is 1. The van der Waals surface area contributed by atoms with Gasteiger partial charge in [0, 0.05) is 23.2 Å². The minimum Gasteiger partial charge on any atom is -0.497 e. The molecule has 114 valence electrons. The van der Waals surface area contributed by atoms with Gasteiger partial charge in [0.05, 0.1) is 14.2 Å². The van der Waals surface area contributed by atoms with Gasteiger partial charge >= 0.3 is 0 Å². The van der Waals surface area contributed by atoms with Crippen LogP contribution in [0.3, 0.4) is 0 Å². The average Bonchev–Trinajstić information content (AvgIpc) is 2.55. The smallest absolute Gasteiger partial charge is 0.120 e. The Bertz CT molecular complexity index is 734. The number of methoxy groups -OCH3 is 2. The first-order valence-corrected chi connectivity index (χ1v) is 7.44. The lowest BCUT2D eigenvalue weighted by molar-refractivity contribution is 0.414. The third kappa shape index (κ3) is 2.43. The Hall–Kier alpha value is -2.42. The van der Waals surface area contributed by atoms with Gasteiger partial charge < -0.3 is 15.2 Å². The fourth-order valence-corrected chi connectivity index (χ4v) is 3.15. The molecular weight excluding hydrogens is 274 g/mol. The van der Waals surface area contributed by atoms with E-state index in [1.807, 2.05) is 24.3 Å². The highest BCUT2D eigenvalue weighted by atomic mass is 16.5. The van der Waals surface area contributed by atoms with Crippen LogP contribution in [-0.2, 0) is 6.42 Å². The third-order valence-corrected chi connectivity index (χ3v) is 4.39. The highest BCUT2D eigenvalue weighted by Gasteiger charge is 2.22. The van der Waals surface area contributed by atoms with Crippen LogP contribution in [0.1, 0.15) is 29.5 Å². The number of fused-ring (bicyclic) bond motifs is 1. The average molecular weight is 295 g/mol. The Morgan fingerprint density at radius 3 is 2.36 bits per heavy atom. The molecule has 1 aliphatic carbocycles. The molecule has 2 aromatic rings. The highest BCUT2D eigenvalue weighted by molar-refractivity contribution is 5.81. The molecule has 0 spiro atoms. The molecule has 3 nitrogen and oxygen atoms in total. The van der Waals surface area contributed by atoms with Crippen molar-refractivity contribution in [1.82, 2.24) is 0 Å². The van der Waals surface area contributed by atoms with Crippen LogP contribution >= 0.6 is 0 Å². The number of rotatable bonds is 3. The van der Waals surface area contributed by atoms with Gasteiger partial charge in [-0.15, -0.1) is 0 Å². The van der Waals surface area contributed by atoms with Gasteiger partial charge in [-0.1, -0.05) is 19.1 Å². The van der Waals surface area contributed by atoms with Gasteiger partial charge in [0.2, 0.25) is 0 Å². The molecule has 1 aliphatic rings. The van der Waals surface area contributed by atoms with Crippen molar-refractivity contribution in [1.29, 1.82) is 0 Å². The molecule has 0 fully saturated rings. The summed E-state index contributed by atoms with van der Waals surface area (Å²) in [7, 11) is 3.36. The molecule has 2 N–H and O–H groups in total. The van der Waals surface area contributed by atoms with Gasteiger partial charge in [-0.05, 0) is 47.4 Å². The summed E-state index contributed by atoms with van der Waals surface area (Å²) in [6, 6.07) is 12.2. The van der Waals surface area contributed by atoms with Gasteiger partial charge in [-0.3, -0.25) is 0 Å². The van der Waals surface area contributed by atoms with E-state index in [9.17, 15) is 0 Å². The van der Waals surface area contributed by atoms with E-state index >= 15 is 0 Å². The summed E-state index contributed by atoms with van der Waals surface area (Å²) in [6.45, 7) is 2.22. The molecule has 0 amide bonds. The Morgan fingerprint density at radius 2 is 1.68 bits per heavy atom. The standard InChI is InChI=1S/C19H21NO2/c1-12-16-8-5-14(21-2)10-13(16)4-7-17(12)18-9-6-15(22-3)11-19(18)20/h5-12H,4,20H2,1-3H3. The molecule has 0 aromatic heterocycles. The molecule has 0 saturated heterocycles. The van der Waals surface area contributed by atoms with Gasteiger partial charge in [-0.2, -0.15) is 0 Å². The molecule has 3 rings (SSSR count). The topological polar surface area (TPSA) is 44.5 Å². The number of benzene rings is 2. The van der Waals surface area contributed by atoms with Crippen molar-refractivity contribution in [3.05, 3.63) is 59.2 Å². The minimum absolute atomic E-state index is 0.311. The number of nitrogen functional groups attached to an aromatic ring is 1. The maximum Gasteiger partial charge on any atom is 0.120 e. The van der Waals surface area contributed by atoms with Crippen LogP contribution in [0.2, 0.25) is 0 Å². The Labute approximate surface area is 131 Å². The summed E-state index contributed by atoms with van der Waals surface area (Å²) in [5, 5.41) is 0. The number of ether oxygens (including phenoxy) is 2. The quantitative estimate of drug-likeness (QED) is 0.869. The van der Waals surface area contributed by atoms with E-state index in [4.69, 9.17) is 15.2 Å². The van der Waals surface area contributed by atoms with Crippen molar-refractivity contribution in [2.45, 2.75) is 19.3 Å². The van der Waals surface area contributed by atoms with Crippen molar-refractivity contribution in [3.8, 4) is 11.5 Å². The summed E-state index contributed by atoms with van der Waals surface area (Å²) in [4.78, 5) is 0. The summed E-state index contributed by atoms with van der Waals surface area (Å²) >= 11 is 0. The molecular formula is C19H21NO2. The predicted octanol–water partition coefficient (Wildman–Crippen LogP) is 4.03. The van der Waals surface area contributed by atoms with Crippen molar-refractivity contribution in [2.75, 3.05) is 20.0 Å². The second-order valence-electron chi connectivity index (χ2n) is 5.60. The number of anilines is 1. The summed E-state index contributed by atoms with van der Waals surface area (Å²) in [6.07, 6.45) is 3.17. The fraction of sp³-hybridized carbons (Fsp3) is 0.263. The Balaban J connectivity index is 1.99. The van der Waals surface area contributed by atoms with Crippen LogP contribution in [-0.4, -0.2) is 14.2 Å². The Morgan fingerprint density at radius 1 is 1.00 bits per heavy atom. The summed E-state index contributed by atoms with van der Waals surface area (Å²) < 4.78 is 10.5. The van der Waals surface area contributed by atoms with E-state index in [1.165, 1.54) is 16.7 Å². The van der Waals surface area contributed by atoms with Crippen LogP contribution in [0.4, 0.5) is 5.69 Å². The first-order chi connectivity index (χ1) is 10.6. The summed E-state index contributed by atoms with van der Waals surface area (Å²) in [5.74, 6) is 2.01. The Kier molecular flexibility index (Phi) is 3.80. The lowest BCUT2D eigenvalue weighted by Gasteiger charge is -2.26. The molecule has 0 aliphatic heterocycles. The zero-order chi connectivity index (χ0) is 15.7. The first kappa shape index (κ1) is 14.5. The van der Waals surface area contributed by atoms with Gasteiger partial charge in [0.1, 0.15) is 11.5 Å². The van der Waals surface area contributed by atoms with E-state index in [-0.39, 0.29) is 0 Å². The minimum atomic E-state index is 0.311. The highest BCUT2D eigenvalue weighted by Crippen LogP contribution is 2.41. The van der Waals surface area contributed by atoms with E-state index in [0.29, 0.717) is 5.92 Å². The van der Waals surface area contributed by atoms with Gasteiger partial charge in [0.15, 0.2) is 0 Å². The predicted molar refractivity (Wildman–Crippen MR) is 90.5 cm³/mol. The second-order valence-corrected chi connectivity index (χ2v) is 5.60. The van der Waals surface area contributed by atoms with E-state index in [0.717, 1.165) is 29.2 Å². The number of nitrogens with two attached hydrogens (primary N) is 1. The molecule has 3 heteroatoms. The SMILES string of the molecule is COc1ccc(C2=CCc3cc(OC)ccc3C2C)c(N)c1. The normalized spacial score (nSPS) is 16.7. The van der Waals surface area contributed by atoms with Crippen LogP contribution < -0.4 is 15.2 Å². The maximum absolute atomic E-state index is 6.21. The molecule has 0 saturated carbocycles. The van der Waals surface area contributed by atoms with Gasteiger partial charge in [-0.25, -0.2) is 0 Å². The molecule has 22 heavy (non-hydrogen) atoms. The van der Waals surface area contributed by atoms with Crippen molar-refractivity contribution >= 4 is 11.3 Å². The van der Waals surface area contributed by atoms with Crippen LogP contribution in [0.15, 0.2) is 42.5 Å². The van der Waals surface area contributed by atoms with Crippen LogP contribution in [0.5, 0.6) is 11.5 Å². The number of allylic oxidation sites excluding steroid dienone is 2. The lowest BCUT2D eigenvalue weighted by Crippen LogP contribution is -2.09.